The van der Waals surface area contributed by atoms with E-state index in [1.54, 1.807) is 19.1 Å². The second-order valence-electron chi connectivity index (χ2n) is 6.69. The van der Waals surface area contributed by atoms with Gasteiger partial charge in [0.1, 0.15) is 0 Å². The van der Waals surface area contributed by atoms with E-state index in [1.807, 2.05) is 17.9 Å². The number of anilines is 1. The molecule has 0 bridgehead atoms. The number of benzene rings is 1. The van der Waals surface area contributed by atoms with Crippen LogP contribution in [0.25, 0.3) is 0 Å². The molecule has 1 amide bonds. The Morgan fingerprint density at radius 2 is 1.88 bits per heavy atom. The van der Waals surface area contributed by atoms with Crippen LogP contribution in [0.3, 0.4) is 0 Å². The molecule has 2 aliphatic heterocycles. The molecule has 7 heteroatoms. The molecule has 3 rings (SSSR count). The zero-order valence-corrected chi connectivity index (χ0v) is 15.3. The molecule has 0 N–H and O–H groups in total. The summed E-state index contributed by atoms with van der Waals surface area (Å²) in [5, 5.41) is 0. The summed E-state index contributed by atoms with van der Waals surface area (Å²) in [7, 11) is -1.23. The Labute approximate surface area is 144 Å². The van der Waals surface area contributed by atoms with Gasteiger partial charge in [-0.1, -0.05) is 0 Å². The highest BCUT2D eigenvalue weighted by Crippen LogP contribution is 2.35. The summed E-state index contributed by atoms with van der Waals surface area (Å²) >= 11 is 0. The second-order valence-corrected chi connectivity index (χ2v) is 8.82. The van der Waals surface area contributed by atoms with E-state index in [0.29, 0.717) is 12.0 Å². The van der Waals surface area contributed by atoms with E-state index in [1.165, 1.54) is 4.31 Å². The number of carbonyl (C=O) groups is 1. The Kier molecular flexibility index (Phi) is 4.57. The highest BCUT2D eigenvalue weighted by molar-refractivity contribution is 7.92. The molecule has 0 saturated carbocycles. The van der Waals surface area contributed by atoms with Crippen LogP contribution in [-0.4, -0.2) is 69.1 Å². The van der Waals surface area contributed by atoms with Crippen molar-refractivity contribution in [2.75, 3.05) is 43.3 Å². The van der Waals surface area contributed by atoms with Gasteiger partial charge >= 0.3 is 0 Å². The van der Waals surface area contributed by atoms with Crippen molar-refractivity contribution in [3.8, 4) is 0 Å². The molecule has 1 atom stereocenters. The average Bonchev–Trinajstić information content (AvgIpc) is 2.90. The van der Waals surface area contributed by atoms with Gasteiger partial charge < -0.3 is 9.80 Å². The fourth-order valence-corrected chi connectivity index (χ4v) is 4.87. The van der Waals surface area contributed by atoms with Gasteiger partial charge in [-0.2, -0.15) is 0 Å². The number of rotatable bonds is 3. The van der Waals surface area contributed by atoms with Crippen LogP contribution in [-0.2, 0) is 16.4 Å². The van der Waals surface area contributed by atoms with Gasteiger partial charge in [0.05, 0.1) is 11.4 Å². The van der Waals surface area contributed by atoms with Crippen molar-refractivity contribution in [3.05, 3.63) is 29.3 Å². The minimum atomic E-state index is -3.29. The van der Waals surface area contributed by atoms with Crippen LogP contribution in [0.5, 0.6) is 0 Å². The van der Waals surface area contributed by atoms with E-state index in [0.717, 1.165) is 37.4 Å². The van der Waals surface area contributed by atoms with Gasteiger partial charge in [-0.05, 0) is 51.1 Å². The highest BCUT2D eigenvalue weighted by Gasteiger charge is 2.34. The normalized spacial score (nSPS) is 21.9. The lowest BCUT2D eigenvalue weighted by Gasteiger charge is -2.32. The molecule has 132 valence electrons. The standard InChI is InChI=1S/C17H25N3O3S/c1-4-24(22,23)20-13(2)11-15-12-14(5-6-16(15)20)17(21)19-9-7-18(3)8-10-19/h5-6,12-13H,4,7-11H2,1-3H3/t13-/m0/s1. The lowest BCUT2D eigenvalue weighted by atomic mass is 10.1. The van der Waals surface area contributed by atoms with Gasteiger partial charge in [0.15, 0.2) is 0 Å². The molecule has 0 spiro atoms. The number of nitrogens with zero attached hydrogens (tertiary/aromatic N) is 3. The van der Waals surface area contributed by atoms with Crippen LogP contribution in [0.1, 0.15) is 29.8 Å². The van der Waals surface area contributed by atoms with Crippen LogP contribution in [0, 0.1) is 0 Å². The van der Waals surface area contributed by atoms with Gasteiger partial charge in [0.25, 0.3) is 5.91 Å². The number of likely N-dealkylation sites (N-methyl/N-ethyl adjacent to an activating group) is 1. The largest absolute Gasteiger partial charge is 0.336 e. The van der Waals surface area contributed by atoms with Crippen LogP contribution in [0.2, 0.25) is 0 Å². The number of carbonyl (C=O) groups excluding carboxylic acids is 1. The highest BCUT2D eigenvalue weighted by atomic mass is 32.2. The Morgan fingerprint density at radius 3 is 2.50 bits per heavy atom. The summed E-state index contributed by atoms with van der Waals surface area (Å²) < 4.78 is 26.1. The SMILES string of the molecule is CCS(=O)(=O)N1c2ccc(C(=O)N3CCN(C)CC3)cc2C[C@@H]1C. The van der Waals surface area contributed by atoms with Gasteiger partial charge in [-0.3, -0.25) is 9.10 Å². The van der Waals surface area contributed by atoms with E-state index < -0.39 is 10.0 Å². The summed E-state index contributed by atoms with van der Waals surface area (Å²) in [6, 6.07) is 5.32. The summed E-state index contributed by atoms with van der Waals surface area (Å²) in [6.45, 7) is 6.81. The van der Waals surface area contributed by atoms with E-state index in [4.69, 9.17) is 0 Å². The van der Waals surface area contributed by atoms with Crippen molar-refractivity contribution in [2.45, 2.75) is 26.3 Å². The smallest absolute Gasteiger partial charge is 0.253 e. The van der Waals surface area contributed by atoms with Crippen molar-refractivity contribution in [3.63, 3.8) is 0 Å². The molecular formula is C17H25N3O3S. The number of amides is 1. The molecule has 0 aliphatic carbocycles. The maximum atomic E-state index is 12.7. The molecule has 1 aromatic carbocycles. The molecule has 1 fully saturated rings. The molecule has 1 aromatic rings. The summed E-state index contributed by atoms with van der Waals surface area (Å²) in [4.78, 5) is 16.8. The van der Waals surface area contributed by atoms with Crippen LogP contribution in [0.15, 0.2) is 18.2 Å². The van der Waals surface area contributed by atoms with Gasteiger partial charge in [-0.25, -0.2) is 8.42 Å². The molecule has 0 radical (unpaired) electrons. The second kappa shape index (κ2) is 6.37. The van der Waals surface area contributed by atoms with Gasteiger partial charge in [0.2, 0.25) is 10.0 Å². The van der Waals surface area contributed by atoms with E-state index >= 15 is 0 Å². The Hall–Kier alpha value is -1.60. The van der Waals surface area contributed by atoms with Crippen LogP contribution < -0.4 is 4.31 Å². The first kappa shape index (κ1) is 17.2. The third kappa shape index (κ3) is 3.02. The molecule has 6 nitrogen and oxygen atoms in total. The number of hydrogen-bond donors (Lipinski definition) is 0. The minimum absolute atomic E-state index is 0.0374. The predicted octanol–water partition coefficient (Wildman–Crippen LogP) is 1.17. The first-order valence-corrected chi connectivity index (χ1v) is 10.1. The quantitative estimate of drug-likeness (QED) is 0.820. The molecular weight excluding hydrogens is 326 g/mol. The average molecular weight is 351 g/mol. The number of hydrogen-bond acceptors (Lipinski definition) is 4. The Morgan fingerprint density at radius 1 is 1.21 bits per heavy atom. The molecule has 1 saturated heterocycles. The number of fused-ring (bicyclic) bond motifs is 1. The molecule has 0 unspecified atom stereocenters. The van der Waals surface area contributed by atoms with Crippen LogP contribution >= 0.6 is 0 Å². The summed E-state index contributed by atoms with van der Waals surface area (Å²) in [5.41, 5.74) is 2.32. The third-order valence-electron chi connectivity index (χ3n) is 4.93. The van der Waals surface area contributed by atoms with Crippen molar-refractivity contribution in [1.82, 2.24) is 9.80 Å². The first-order valence-electron chi connectivity index (χ1n) is 8.46. The minimum Gasteiger partial charge on any atom is -0.336 e. The van der Waals surface area contributed by atoms with Crippen molar-refractivity contribution in [2.24, 2.45) is 0 Å². The Balaban J connectivity index is 1.85. The molecule has 0 aromatic heterocycles. The molecule has 2 heterocycles. The van der Waals surface area contributed by atoms with Crippen molar-refractivity contribution >= 4 is 21.6 Å². The zero-order chi connectivity index (χ0) is 17.5. The number of sulfonamides is 1. The summed E-state index contributed by atoms with van der Waals surface area (Å²) in [6.07, 6.45) is 0.651. The fourth-order valence-electron chi connectivity index (χ4n) is 3.49. The van der Waals surface area contributed by atoms with Gasteiger partial charge in [0, 0.05) is 37.8 Å². The Bertz CT molecular complexity index is 739. The van der Waals surface area contributed by atoms with E-state index in [2.05, 4.69) is 11.9 Å². The topological polar surface area (TPSA) is 60.9 Å². The maximum Gasteiger partial charge on any atom is 0.253 e. The summed E-state index contributed by atoms with van der Waals surface area (Å²) in [5.74, 6) is 0.119. The van der Waals surface area contributed by atoms with E-state index in [9.17, 15) is 13.2 Å². The van der Waals surface area contributed by atoms with Gasteiger partial charge in [-0.15, -0.1) is 0 Å². The van der Waals surface area contributed by atoms with Crippen molar-refractivity contribution in [1.29, 1.82) is 0 Å². The molecule has 24 heavy (non-hydrogen) atoms. The van der Waals surface area contributed by atoms with E-state index in [-0.39, 0.29) is 17.7 Å². The monoisotopic (exact) mass is 351 g/mol. The lowest BCUT2D eigenvalue weighted by Crippen LogP contribution is -2.47. The fraction of sp³-hybridized carbons (Fsp3) is 0.588. The van der Waals surface area contributed by atoms with Crippen molar-refractivity contribution < 1.29 is 13.2 Å². The number of piperazine rings is 1. The van der Waals surface area contributed by atoms with Crippen LogP contribution in [0.4, 0.5) is 5.69 Å². The zero-order valence-electron chi connectivity index (χ0n) is 14.5. The predicted molar refractivity (Wildman–Crippen MR) is 94.9 cm³/mol. The first-order chi connectivity index (χ1) is 11.3. The molecule has 2 aliphatic rings. The third-order valence-corrected chi connectivity index (χ3v) is 6.82. The lowest BCUT2D eigenvalue weighted by molar-refractivity contribution is 0.0664. The maximum absolute atomic E-state index is 12.7.